The highest BCUT2D eigenvalue weighted by Crippen LogP contribution is 2.79. The third kappa shape index (κ3) is 2.28. The highest BCUT2D eigenvalue weighted by Gasteiger charge is 2.83. The van der Waals surface area contributed by atoms with E-state index in [1.807, 2.05) is 0 Å². The maximum absolute atomic E-state index is 12.5. The molecule has 1 saturated heterocycles. The molecule has 2 N–H and O–H groups in total. The maximum atomic E-state index is 12.5. The van der Waals surface area contributed by atoms with Crippen LogP contribution in [0.3, 0.4) is 0 Å². The number of nitrogens with zero attached hydrogens (tertiary/aromatic N) is 1. The lowest BCUT2D eigenvalue weighted by molar-refractivity contribution is -0.274. The molecule has 32 heavy (non-hydrogen) atoms. The molecule has 1 aliphatic heterocycles. The van der Waals surface area contributed by atoms with Crippen molar-refractivity contribution < 1.29 is 29.2 Å². The Morgan fingerprint density at radius 3 is 2.66 bits per heavy atom. The number of hydrogen-bond donors (Lipinski definition) is 2. The molecule has 7 heteroatoms. The first kappa shape index (κ1) is 21.8. The van der Waals surface area contributed by atoms with Crippen LogP contribution in [0.4, 0.5) is 0 Å². The summed E-state index contributed by atoms with van der Waals surface area (Å²) in [6.45, 7) is 6.27. The van der Waals surface area contributed by atoms with Gasteiger partial charge in [-0.05, 0) is 44.1 Å². The summed E-state index contributed by atoms with van der Waals surface area (Å²) in [6.07, 6.45) is 3.27. The third-order valence-corrected chi connectivity index (χ3v) is 11.2. The Morgan fingerprint density at radius 1 is 1.22 bits per heavy atom. The second-order valence-electron chi connectivity index (χ2n) is 11.8. The SMILES string of the molecule is CCN1C[C@]2(COC)CC[C@H](O)[C@@]34[C@@H]5C[C@H]6[C@H](OC(C)=O)[C@@H]5[C@](O)(C[C@@H]6OC)[C@H](C[C@H]23)[C@@H]14. The number of piperidine rings is 1. The first-order chi connectivity index (χ1) is 15.3. The van der Waals surface area contributed by atoms with Crippen LogP contribution < -0.4 is 0 Å². The van der Waals surface area contributed by atoms with Crippen LogP contribution in [-0.2, 0) is 19.0 Å². The zero-order valence-corrected chi connectivity index (χ0v) is 19.8. The van der Waals surface area contributed by atoms with Crippen LogP contribution in [0.25, 0.3) is 0 Å². The fourth-order valence-electron chi connectivity index (χ4n) is 10.7. The molecule has 6 fully saturated rings. The molecule has 6 aliphatic rings. The number of likely N-dealkylation sites (tertiary alicyclic amines) is 1. The summed E-state index contributed by atoms with van der Waals surface area (Å²) in [4.78, 5) is 14.7. The van der Waals surface area contributed by atoms with Gasteiger partial charge in [0.2, 0.25) is 0 Å². The van der Waals surface area contributed by atoms with Gasteiger partial charge in [-0.1, -0.05) is 6.92 Å². The first-order valence-electron chi connectivity index (χ1n) is 12.6. The van der Waals surface area contributed by atoms with Gasteiger partial charge in [-0.2, -0.15) is 0 Å². The van der Waals surface area contributed by atoms with Crippen molar-refractivity contribution in [1.29, 1.82) is 0 Å². The summed E-state index contributed by atoms with van der Waals surface area (Å²) in [5, 5.41) is 24.4. The van der Waals surface area contributed by atoms with E-state index >= 15 is 0 Å². The van der Waals surface area contributed by atoms with Crippen molar-refractivity contribution in [2.75, 3.05) is 33.9 Å². The third-order valence-electron chi connectivity index (χ3n) is 11.2. The van der Waals surface area contributed by atoms with E-state index in [-0.39, 0.29) is 58.7 Å². The molecule has 0 aromatic carbocycles. The average molecular weight is 450 g/mol. The Bertz CT molecular complexity index is 807. The van der Waals surface area contributed by atoms with Gasteiger partial charge in [0.15, 0.2) is 0 Å². The number of fused-ring (bicyclic) bond motifs is 2. The van der Waals surface area contributed by atoms with Gasteiger partial charge in [0, 0.05) is 68.7 Å². The zero-order chi connectivity index (χ0) is 22.6. The maximum Gasteiger partial charge on any atom is 0.302 e. The van der Waals surface area contributed by atoms with Crippen molar-refractivity contribution in [3.05, 3.63) is 0 Å². The van der Waals surface area contributed by atoms with Crippen molar-refractivity contribution in [3.63, 3.8) is 0 Å². The van der Waals surface area contributed by atoms with Gasteiger partial charge in [0.1, 0.15) is 6.10 Å². The summed E-state index contributed by atoms with van der Waals surface area (Å²) in [6, 6.07) is 0.163. The molecule has 6 rings (SSSR count). The lowest BCUT2D eigenvalue weighted by Gasteiger charge is -2.69. The van der Waals surface area contributed by atoms with Gasteiger partial charge < -0.3 is 24.4 Å². The van der Waals surface area contributed by atoms with E-state index < -0.39 is 11.7 Å². The van der Waals surface area contributed by atoms with Crippen molar-refractivity contribution in [2.24, 2.45) is 40.4 Å². The molecule has 0 unspecified atom stereocenters. The lowest BCUT2D eigenvalue weighted by Crippen LogP contribution is -2.76. The highest BCUT2D eigenvalue weighted by molar-refractivity contribution is 5.66. The van der Waals surface area contributed by atoms with E-state index in [1.54, 1.807) is 14.2 Å². The number of esters is 1. The van der Waals surface area contributed by atoms with E-state index in [4.69, 9.17) is 14.2 Å². The number of hydrogen-bond acceptors (Lipinski definition) is 7. The number of methoxy groups -OCH3 is 2. The quantitative estimate of drug-likeness (QED) is 0.614. The number of carbonyl (C=O) groups is 1. The van der Waals surface area contributed by atoms with Crippen molar-refractivity contribution in [2.45, 2.75) is 75.9 Å². The Morgan fingerprint density at radius 2 is 2.00 bits per heavy atom. The fraction of sp³-hybridized carbons (Fsp3) is 0.960. The second-order valence-corrected chi connectivity index (χ2v) is 11.8. The molecule has 12 atom stereocenters. The Kier molecular flexibility index (Phi) is 4.70. The summed E-state index contributed by atoms with van der Waals surface area (Å²) in [5.74, 6) is 0.164. The largest absolute Gasteiger partial charge is 0.462 e. The molecule has 5 saturated carbocycles. The van der Waals surface area contributed by atoms with Gasteiger partial charge in [0.25, 0.3) is 0 Å². The van der Waals surface area contributed by atoms with Crippen LogP contribution in [0.15, 0.2) is 0 Å². The fourth-order valence-corrected chi connectivity index (χ4v) is 10.7. The van der Waals surface area contributed by atoms with E-state index in [0.29, 0.717) is 18.9 Å². The van der Waals surface area contributed by atoms with Crippen LogP contribution in [-0.4, -0.2) is 85.0 Å². The second kappa shape index (κ2) is 6.91. The minimum atomic E-state index is -0.942. The number of ether oxygens (including phenoxy) is 3. The minimum Gasteiger partial charge on any atom is -0.462 e. The minimum absolute atomic E-state index is 0.0138. The number of carbonyl (C=O) groups excluding carboxylic acids is 1. The van der Waals surface area contributed by atoms with Crippen molar-refractivity contribution in [1.82, 2.24) is 4.90 Å². The molecule has 180 valence electrons. The van der Waals surface area contributed by atoms with E-state index in [1.165, 1.54) is 6.92 Å². The zero-order valence-electron chi connectivity index (χ0n) is 19.8. The van der Waals surface area contributed by atoms with Crippen LogP contribution in [0.2, 0.25) is 0 Å². The smallest absolute Gasteiger partial charge is 0.302 e. The number of aliphatic hydroxyl groups excluding tert-OH is 1. The molecule has 7 bridgehead atoms. The first-order valence-corrected chi connectivity index (χ1v) is 12.6. The molecule has 0 radical (unpaired) electrons. The van der Waals surface area contributed by atoms with Crippen LogP contribution in [0.1, 0.15) is 46.0 Å². The average Bonchev–Trinajstić information content (AvgIpc) is 3.20. The number of aliphatic hydroxyl groups is 2. The predicted molar refractivity (Wildman–Crippen MR) is 116 cm³/mol. The van der Waals surface area contributed by atoms with Crippen molar-refractivity contribution in [3.8, 4) is 0 Å². The van der Waals surface area contributed by atoms with Gasteiger partial charge >= 0.3 is 5.97 Å². The summed E-state index contributed by atoms with van der Waals surface area (Å²) < 4.78 is 17.7. The molecule has 7 nitrogen and oxygen atoms in total. The standard InChI is InChI=1S/C25H39NO6/c1-5-26-11-23(12-30-3)7-6-19(28)25-15-8-14-17(31-4)10-24(29,16(22(25)26)9-18(23)25)20(15)21(14)32-13(2)27/h14-22,28-29H,5-12H2,1-4H3/t14-,15-,16-,17+,18-,19+,20-,21+,22-,23+,24+,25-/m1/s1. The molecule has 1 spiro atoms. The summed E-state index contributed by atoms with van der Waals surface area (Å²) in [7, 11) is 3.51. The predicted octanol–water partition coefficient (Wildman–Crippen LogP) is 1.45. The molecule has 0 aromatic heterocycles. The normalized spacial score (nSPS) is 57.5. The van der Waals surface area contributed by atoms with Crippen LogP contribution in [0, 0.1) is 40.4 Å². The monoisotopic (exact) mass is 449 g/mol. The van der Waals surface area contributed by atoms with Gasteiger partial charge in [-0.25, -0.2) is 0 Å². The molecular weight excluding hydrogens is 410 g/mol. The highest BCUT2D eigenvalue weighted by atomic mass is 16.5. The Labute approximate surface area is 190 Å². The molecule has 1 heterocycles. The Balaban J connectivity index is 1.56. The summed E-state index contributed by atoms with van der Waals surface area (Å²) in [5.41, 5.74) is -1.20. The van der Waals surface area contributed by atoms with Gasteiger partial charge in [-0.3, -0.25) is 9.69 Å². The molecule has 5 aliphatic carbocycles. The molecule has 0 amide bonds. The molecule has 0 aromatic rings. The van der Waals surface area contributed by atoms with E-state index in [9.17, 15) is 15.0 Å². The topological polar surface area (TPSA) is 88.5 Å². The van der Waals surface area contributed by atoms with Gasteiger partial charge in [0.05, 0.1) is 24.4 Å². The molecular formula is C25H39NO6. The number of rotatable bonds is 5. The van der Waals surface area contributed by atoms with Crippen LogP contribution in [0.5, 0.6) is 0 Å². The van der Waals surface area contributed by atoms with E-state index in [0.717, 1.165) is 38.8 Å². The van der Waals surface area contributed by atoms with E-state index in [2.05, 4.69) is 11.8 Å². The Hall–Kier alpha value is -0.730. The van der Waals surface area contributed by atoms with Crippen molar-refractivity contribution >= 4 is 5.97 Å². The van der Waals surface area contributed by atoms with Gasteiger partial charge in [-0.15, -0.1) is 0 Å². The van der Waals surface area contributed by atoms with Crippen LogP contribution >= 0.6 is 0 Å². The lowest BCUT2D eigenvalue weighted by atomic mass is 9.43. The summed E-state index contributed by atoms with van der Waals surface area (Å²) >= 11 is 0.